The zero-order chi connectivity index (χ0) is 11.7. The fourth-order valence-electron chi connectivity index (χ4n) is 1.55. The van der Waals surface area contributed by atoms with Gasteiger partial charge in [-0.3, -0.25) is 4.79 Å². The molecular weight excluding hydrogens is 190 g/mol. The van der Waals surface area contributed by atoms with E-state index in [-0.39, 0.29) is 18.4 Å². The van der Waals surface area contributed by atoms with E-state index in [0.717, 1.165) is 6.42 Å². The number of amides is 1. The van der Waals surface area contributed by atoms with Crippen molar-refractivity contribution in [2.45, 2.75) is 71.4 Å². The van der Waals surface area contributed by atoms with E-state index < -0.39 is 6.10 Å². The Morgan fingerprint density at radius 2 is 1.93 bits per heavy atom. The maximum atomic E-state index is 11.3. The summed E-state index contributed by atoms with van der Waals surface area (Å²) in [6.07, 6.45) is 5.62. The van der Waals surface area contributed by atoms with Gasteiger partial charge in [0.25, 0.3) is 0 Å². The summed E-state index contributed by atoms with van der Waals surface area (Å²) < 4.78 is 0. The number of aliphatic hydroxyl groups excluding tert-OH is 1. The molecule has 0 radical (unpaired) electrons. The van der Waals surface area contributed by atoms with Crippen molar-refractivity contribution in [1.29, 1.82) is 0 Å². The lowest BCUT2D eigenvalue weighted by molar-refractivity contribution is -0.123. The van der Waals surface area contributed by atoms with Crippen molar-refractivity contribution in [1.82, 2.24) is 5.32 Å². The van der Waals surface area contributed by atoms with Gasteiger partial charge in [0.2, 0.25) is 5.91 Å². The van der Waals surface area contributed by atoms with Gasteiger partial charge in [-0.1, -0.05) is 32.6 Å². The average Bonchev–Trinajstić information content (AvgIpc) is 2.10. The fraction of sp³-hybridized carbons (Fsp3) is 0.917. The van der Waals surface area contributed by atoms with Gasteiger partial charge in [0, 0.05) is 6.04 Å². The maximum absolute atomic E-state index is 11.3. The van der Waals surface area contributed by atoms with Crippen LogP contribution in [-0.4, -0.2) is 23.2 Å². The molecule has 0 aliphatic carbocycles. The number of carbonyl (C=O) groups is 1. The van der Waals surface area contributed by atoms with Gasteiger partial charge in [-0.2, -0.15) is 0 Å². The Morgan fingerprint density at radius 1 is 1.27 bits per heavy atom. The van der Waals surface area contributed by atoms with Crippen LogP contribution < -0.4 is 5.32 Å². The number of hydrogen-bond donors (Lipinski definition) is 2. The van der Waals surface area contributed by atoms with Gasteiger partial charge in [-0.25, -0.2) is 0 Å². The van der Waals surface area contributed by atoms with Crippen LogP contribution in [0.25, 0.3) is 0 Å². The third-order valence-electron chi connectivity index (χ3n) is 2.38. The van der Waals surface area contributed by atoms with Crippen molar-refractivity contribution in [2.24, 2.45) is 0 Å². The van der Waals surface area contributed by atoms with E-state index in [0.29, 0.717) is 0 Å². The van der Waals surface area contributed by atoms with Crippen LogP contribution in [-0.2, 0) is 4.79 Å². The summed E-state index contributed by atoms with van der Waals surface area (Å²) in [6.45, 7) is 5.84. The molecule has 15 heavy (non-hydrogen) atoms. The van der Waals surface area contributed by atoms with Crippen molar-refractivity contribution >= 4 is 5.91 Å². The lowest BCUT2D eigenvalue weighted by Gasteiger charge is -2.14. The highest BCUT2D eigenvalue weighted by Crippen LogP contribution is 2.05. The van der Waals surface area contributed by atoms with Gasteiger partial charge < -0.3 is 10.4 Å². The first kappa shape index (κ1) is 14.4. The molecule has 0 fully saturated rings. The maximum Gasteiger partial charge on any atom is 0.222 e. The number of carbonyl (C=O) groups excluding carboxylic acids is 1. The van der Waals surface area contributed by atoms with E-state index in [2.05, 4.69) is 12.2 Å². The molecule has 0 aromatic heterocycles. The largest absolute Gasteiger partial charge is 0.393 e. The van der Waals surface area contributed by atoms with Crippen LogP contribution in [0.2, 0.25) is 0 Å². The van der Waals surface area contributed by atoms with E-state index >= 15 is 0 Å². The summed E-state index contributed by atoms with van der Waals surface area (Å²) in [4.78, 5) is 11.3. The molecule has 0 saturated heterocycles. The van der Waals surface area contributed by atoms with E-state index in [9.17, 15) is 4.79 Å². The van der Waals surface area contributed by atoms with Crippen LogP contribution in [0.1, 0.15) is 59.3 Å². The minimum atomic E-state index is -0.544. The molecule has 0 aliphatic heterocycles. The van der Waals surface area contributed by atoms with Crippen molar-refractivity contribution < 1.29 is 9.90 Å². The van der Waals surface area contributed by atoms with Crippen molar-refractivity contribution in [3.05, 3.63) is 0 Å². The molecule has 3 heteroatoms. The minimum Gasteiger partial charge on any atom is -0.393 e. The zero-order valence-corrected chi connectivity index (χ0v) is 10.3. The van der Waals surface area contributed by atoms with Crippen molar-refractivity contribution in [3.63, 3.8) is 0 Å². The molecule has 0 rings (SSSR count). The number of rotatable bonds is 8. The Hall–Kier alpha value is -0.570. The number of hydrogen-bond acceptors (Lipinski definition) is 2. The summed E-state index contributed by atoms with van der Waals surface area (Å²) in [5, 5.41) is 11.9. The van der Waals surface area contributed by atoms with E-state index in [1.54, 1.807) is 6.92 Å². The SMILES string of the molecule is CCCCCCC(C)NC(=O)CC(C)O. The quantitative estimate of drug-likeness (QED) is 0.610. The standard InChI is InChI=1S/C12H25NO2/c1-4-5-6-7-8-10(2)13-12(15)9-11(3)14/h10-11,14H,4-9H2,1-3H3,(H,13,15). The van der Waals surface area contributed by atoms with Gasteiger partial charge in [0.1, 0.15) is 0 Å². The van der Waals surface area contributed by atoms with Crippen LogP contribution >= 0.6 is 0 Å². The monoisotopic (exact) mass is 215 g/mol. The highest BCUT2D eigenvalue weighted by Gasteiger charge is 2.09. The minimum absolute atomic E-state index is 0.0482. The molecule has 2 N–H and O–H groups in total. The first-order chi connectivity index (χ1) is 7.06. The molecule has 3 nitrogen and oxygen atoms in total. The second kappa shape index (κ2) is 8.72. The van der Waals surface area contributed by atoms with Gasteiger partial charge in [-0.15, -0.1) is 0 Å². The third-order valence-corrected chi connectivity index (χ3v) is 2.38. The molecule has 0 aliphatic rings. The predicted molar refractivity (Wildman–Crippen MR) is 62.7 cm³/mol. The molecule has 0 saturated carbocycles. The molecule has 0 heterocycles. The Balaban J connectivity index is 3.46. The Morgan fingerprint density at radius 3 is 2.47 bits per heavy atom. The summed E-state index contributed by atoms with van der Waals surface area (Å²) >= 11 is 0. The second-order valence-electron chi connectivity index (χ2n) is 4.37. The molecule has 90 valence electrons. The van der Waals surface area contributed by atoms with Gasteiger partial charge in [0.15, 0.2) is 0 Å². The lowest BCUT2D eigenvalue weighted by Crippen LogP contribution is -2.34. The predicted octanol–water partition coefficient (Wildman–Crippen LogP) is 2.23. The molecule has 1 amide bonds. The summed E-state index contributed by atoms with van der Waals surface area (Å²) in [5.41, 5.74) is 0. The topological polar surface area (TPSA) is 49.3 Å². The van der Waals surface area contributed by atoms with Gasteiger partial charge in [-0.05, 0) is 20.3 Å². The molecule has 0 aromatic rings. The van der Waals surface area contributed by atoms with Crippen LogP contribution in [0.4, 0.5) is 0 Å². The Bertz CT molecular complexity index is 169. The Kier molecular flexibility index (Phi) is 8.38. The van der Waals surface area contributed by atoms with E-state index in [1.165, 1.54) is 25.7 Å². The first-order valence-corrected chi connectivity index (χ1v) is 6.03. The van der Waals surface area contributed by atoms with Crippen LogP contribution in [0.15, 0.2) is 0 Å². The van der Waals surface area contributed by atoms with Crippen molar-refractivity contribution in [3.8, 4) is 0 Å². The zero-order valence-electron chi connectivity index (χ0n) is 10.3. The highest BCUT2D eigenvalue weighted by atomic mass is 16.3. The van der Waals surface area contributed by atoms with Crippen molar-refractivity contribution in [2.75, 3.05) is 0 Å². The number of aliphatic hydroxyl groups is 1. The second-order valence-corrected chi connectivity index (χ2v) is 4.37. The summed E-state index contributed by atoms with van der Waals surface area (Å²) in [6, 6.07) is 0.230. The van der Waals surface area contributed by atoms with E-state index in [4.69, 9.17) is 5.11 Å². The lowest BCUT2D eigenvalue weighted by atomic mass is 10.1. The molecule has 2 atom stereocenters. The Labute approximate surface area is 93.3 Å². The van der Waals surface area contributed by atoms with E-state index in [1.807, 2.05) is 6.92 Å². The van der Waals surface area contributed by atoms with Gasteiger partial charge >= 0.3 is 0 Å². The van der Waals surface area contributed by atoms with Gasteiger partial charge in [0.05, 0.1) is 12.5 Å². The molecule has 2 unspecified atom stereocenters. The molecule has 0 aromatic carbocycles. The van der Waals surface area contributed by atoms with Crippen LogP contribution in [0, 0.1) is 0 Å². The summed E-state index contributed by atoms with van der Waals surface area (Å²) in [5.74, 6) is -0.0482. The molecule has 0 bridgehead atoms. The third kappa shape index (κ3) is 9.73. The van der Waals surface area contributed by atoms with Crippen LogP contribution in [0.5, 0.6) is 0 Å². The number of unbranched alkanes of at least 4 members (excludes halogenated alkanes) is 3. The fourth-order valence-corrected chi connectivity index (χ4v) is 1.55. The normalized spacial score (nSPS) is 14.7. The van der Waals surface area contributed by atoms with Crippen LogP contribution in [0.3, 0.4) is 0 Å². The first-order valence-electron chi connectivity index (χ1n) is 6.03. The highest BCUT2D eigenvalue weighted by molar-refractivity contribution is 5.76. The molecular formula is C12H25NO2. The number of nitrogens with one attached hydrogen (secondary N) is 1. The summed E-state index contributed by atoms with van der Waals surface area (Å²) in [7, 11) is 0. The average molecular weight is 215 g/mol. The smallest absolute Gasteiger partial charge is 0.222 e. The molecule has 0 spiro atoms.